The van der Waals surface area contributed by atoms with Crippen molar-refractivity contribution in [1.82, 2.24) is 0 Å². The van der Waals surface area contributed by atoms with Gasteiger partial charge >= 0.3 is 0 Å². The Balaban J connectivity index is 1.71. The van der Waals surface area contributed by atoms with E-state index in [4.69, 9.17) is 4.74 Å². The molecule has 0 radical (unpaired) electrons. The first-order valence-electron chi connectivity index (χ1n) is 8.31. The highest BCUT2D eigenvalue weighted by Crippen LogP contribution is 2.23. The maximum Gasteiger partial charge on any atom is 0.150 e. The second-order valence-corrected chi connectivity index (χ2v) is 6.37. The van der Waals surface area contributed by atoms with Crippen LogP contribution in [0.15, 0.2) is 60.7 Å². The lowest BCUT2D eigenvalue weighted by atomic mass is 10.0. The molecule has 0 aliphatic heterocycles. The predicted octanol–water partition coefficient (Wildman–Crippen LogP) is 5.49. The van der Waals surface area contributed by atoms with Gasteiger partial charge in [-0.2, -0.15) is 0 Å². The molecule has 2 nitrogen and oxygen atoms in total. The highest BCUT2D eigenvalue weighted by molar-refractivity contribution is 5.99. The number of benzene rings is 3. The summed E-state index contributed by atoms with van der Waals surface area (Å²) in [4.78, 5) is 11.2. The van der Waals surface area contributed by atoms with E-state index in [2.05, 4.69) is 44.2 Å². The maximum absolute atomic E-state index is 11.2. The standard InChI is InChI=1S/C22H22O2/c1-16(2)18-11-9-17(10-12-18)14-24-15-20-6-4-7-21-19(13-23)5-3-8-22(20)21/h3-13,16H,14-15H2,1-2H3. The Morgan fingerprint density at radius 1 is 0.875 bits per heavy atom. The van der Waals surface area contributed by atoms with Gasteiger partial charge in [0, 0.05) is 5.56 Å². The van der Waals surface area contributed by atoms with E-state index in [1.807, 2.05) is 30.3 Å². The van der Waals surface area contributed by atoms with Crippen LogP contribution in [0, 0.1) is 0 Å². The molecule has 0 amide bonds. The van der Waals surface area contributed by atoms with E-state index in [-0.39, 0.29) is 0 Å². The van der Waals surface area contributed by atoms with Gasteiger partial charge in [-0.3, -0.25) is 4.79 Å². The highest BCUT2D eigenvalue weighted by Gasteiger charge is 2.05. The van der Waals surface area contributed by atoms with Crippen LogP contribution in [0.5, 0.6) is 0 Å². The van der Waals surface area contributed by atoms with E-state index in [1.165, 1.54) is 11.1 Å². The number of carbonyl (C=O) groups excluding carboxylic acids is 1. The van der Waals surface area contributed by atoms with Crippen LogP contribution in [-0.4, -0.2) is 6.29 Å². The van der Waals surface area contributed by atoms with Crippen LogP contribution in [0.3, 0.4) is 0 Å². The van der Waals surface area contributed by atoms with E-state index in [9.17, 15) is 4.79 Å². The van der Waals surface area contributed by atoms with Gasteiger partial charge < -0.3 is 4.74 Å². The molecule has 0 atom stereocenters. The summed E-state index contributed by atoms with van der Waals surface area (Å²) in [5, 5.41) is 2.06. The largest absolute Gasteiger partial charge is 0.372 e. The third-order valence-electron chi connectivity index (χ3n) is 4.35. The van der Waals surface area contributed by atoms with Crippen molar-refractivity contribution in [3.8, 4) is 0 Å². The first-order chi connectivity index (χ1) is 11.7. The van der Waals surface area contributed by atoms with Crippen LogP contribution >= 0.6 is 0 Å². The number of rotatable bonds is 6. The minimum Gasteiger partial charge on any atom is -0.372 e. The fourth-order valence-corrected chi connectivity index (χ4v) is 2.91. The Kier molecular flexibility index (Phi) is 5.07. The van der Waals surface area contributed by atoms with Crippen LogP contribution in [0.25, 0.3) is 10.8 Å². The van der Waals surface area contributed by atoms with Crippen molar-refractivity contribution in [3.63, 3.8) is 0 Å². The molecule has 2 heteroatoms. The Morgan fingerprint density at radius 3 is 2.29 bits per heavy atom. The molecule has 0 bridgehead atoms. The third kappa shape index (κ3) is 3.55. The Hall–Kier alpha value is -2.45. The van der Waals surface area contributed by atoms with Crippen molar-refractivity contribution < 1.29 is 9.53 Å². The molecule has 0 aromatic heterocycles. The summed E-state index contributed by atoms with van der Waals surface area (Å²) in [7, 11) is 0. The zero-order valence-corrected chi connectivity index (χ0v) is 14.2. The lowest BCUT2D eigenvalue weighted by Gasteiger charge is -2.10. The summed E-state index contributed by atoms with van der Waals surface area (Å²) in [5.41, 5.74) is 4.34. The Morgan fingerprint density at radius 2 is 1.58 bits per heavy atom. The first-order valence-corrected chi connectivity index (χ1v) is 8.31. The number of hydrogen-bond acceptors (Lipinski definition) is 2. The summed E-state index contributed by atoms with van der Waals surface area (Å²) in [5.74, 6) is 0.544. The molecule has 3 aromatic carbocycles. The lowest BCUT2D eigenvalue weighted by Crippen LogP contribution is -1.96. The molecule has 3 aromatic rings. The van der Waals surface area contributed by atoms with Gasteiger partial charge in [-0.05, 0) is 33.4 Å². The number of carbonyl (C=O) groups is 1. The summed E-state index contributed by atoms with van der Waals surface area (Å²) in [6.45, 7) is 5.51. The van der Waals surface area contributed by atoms with E-state index >= 15 is 0 Å². The molecule has 0 heterocycles. The first kappa shape index (κ1) is 16.4. The normalized spacial score (nSPS) is 11.1. The van der Waals surface area contributed by atoms with Crippen molar-refractivity contribution >= 4 is 17.1 Å². The van der Waals surface area contributed by atoms with Gasteiger partial charge in [-0.25, -0.2) is 0 Å². The molecular formula is C22H22O2. The van der Waals surface area contributed by atoms with Crippen LogP contribution in [-0.2, 0) is 18.0 Å². The fraction of sp³-hybridized carbons (Fsp3) is 0.227. The predicted molar refractivity (Wildman–Crippen MR) is 98.4 cm³/mol. The van der Waals surface area contributed by atoms with Gasteiger partial charge in [0.25, 0.3) is 0 Å². The average Bonchev–Trinajstić information content (AvgIpc) is 2.62. The summed E-state index contributed by atoms with van der Waals surface area (Å²) >= 11 is 0. The minimum atomic E-state index is 0.533. The van der Waals surface area contributed by atoms with Crippen molar-refractivity contribution in [2.75, 3.05) is 0 Å². The zero-order valence-electron chi connectivity index (χ0n) is 14.2. The highest BCUT2D eigenvalue weighted by atomic mass is 16.5. The number of ether oxygens (including phenoxy) is 1. The summed E-state index contributed by atoms with van der Waals surface area (Å²) < 4.78 is 5.90. The monoisotopic (exact) mass is 318 g/mol. The summed E-state index contributed by atoms with van der Waals surface area (Å²) in [6, 6.07) is 20.4. The van der Waals surface area contributed by atoms with E-state index in [1.54, 1.807) is 0 Å². The Bertz CT molecular complexity index is 832. The van der Waals surface area contributed by atoms with Crippen molar-refractivity contribution in [3.05, 3.63) is 82.9 Å². The fourth-order valence-electron chi connectivity index (χ4n) is 2.91. The second kappa shape index (κ2) is 7.41. The molecule has 122 valence electrons. The molecule has 0 unspecified atom stereocenters. The molecular weight excluding hydrogens is 296 g/mol. The zero-order chi connectivity index (χ0) is 16.9. The van der Waals surface area contributed by atoms with Crippen molar-refractivity contribution in [2.45, 2.75) is 33.0 Å². The van der Waals surface area contributed by atoms with Crippen LogP contribution < -0.4 is 0 Å². The SMILES string of the molecule is CC(C)c1ccc(COCc2cccc3c(C=O)cccc23)cc1. The van der Waals surface area contributed by atoms with E-state index in [0.717, 1.165) is 28.2 Å². The molecule has 0 saturated heterocycles. The Labute approximate surface area is 143 Å². The number of aldehydes is 1. The van der Waals surface area contributed by atoms with Crippen LogP contribution in [0.4, 0.5) is 0 Å². The molecule has 0 N–H and O–H groups in total. The van der Waals surface area contributed by atoms with E-state index in [0.29, 0.717) is 19.1 Å². The lowest BCUT2D eigenvalue weighted by molar-refractivity contribution is 0.108. The second-order valence-electron chi connectivity index (χ2n) is 6.37. The van der Waals surface area contributed by atoms with Crippen LogP contribution in [0.1, 0.15) is 46.8 Å². The molecule has 24 heavy (non-hydrogen) atoms. The number of fused-ring (bicyclic) bond motifs is 1. The average molecular weight is 318 g/mol. The topological polar surface area (TPSA) is 26.3 Å². The van der Waals surface area contributed by atoms with E-state index < -0.39 is 0 Å². The third-order valence-corrected chi connectivity index (χ3v) is 4.35. The van der Waals surface area contributed by atoms with Gasteiger partial charge in [0.05, 0.1) is 13.2 Å². The maximum atomic E-state index is 11.2. The molecule has 3 rings (SSSR count). The summed E-state index contributed by atoms with van der Waals surface area (Å²) in [6.07, 6.45) is 0.906. The van der Waals surface area contributed by atoms with Gasteiger partial charge in [0.2, 0.25) is 0 Å². The number of hydrogen-bond donors (Lipinski definition) is 0. The smallest absolute Gasteiger partial charge is 0.150 e. The molecule has 0 aliphatic rings. The van der Waals surface area contributed by atoms with Crippen molar-refractivity contribution in [1.29, 1.82) is 0 Å². The molecule has 0 saturated carbocycles. The van der Waals surface area contributed by atoms with Crippen LogP contribution in [0.2, 0.25) is 0 Å². The van der Waals surface area contributed by atoms with Gasteiger partial charge in [-0.1, -0.05) is 74.5 Å². The quantitative estimate of drug-likeness (QED) is 0.562. The van der Waals surface area contributed by atoms with Gasteiger partial charge in [0.1, 0.15) is 0 Å². The van der Waals surface area contributed by atoms with Gasteiger partial charge in [-0.15, -0.1) is 0 Å². The van der Waals surface area contributed by atoms with Crippen molar-refractivity contribution in [2.24, 2.45) is 0 Å². The minimum absolute atomic E-state index is 0.533. The molecule has 0 aliphatic carbocycles. The van der Waals surface area contributed by atoms with Gasteiger partial charge in [0.15, 0.2) is 6.29 Å². The molecule has 0 fully saturated rings. The molecule has 0 spiro atoms.